The fourth-order valence-corrected chi connectivity index (χ4v) is 4.24. The summed E-state index contributed by atoms with van der Waals surface area (Å²) in [4.78, 5) is 25.5. The van der Waals surface area contributed by atoms with Gasteiger partial charge in [-0.1, -0.05) is 30.3 Å². The second-order valence-electron chi connectivity index (χ2n) is 6.52. The summed E-state index contributed by atoms with van der Waals surface area (Å²) in [6.07, 6.45) is 0. The molecule has 2 amide bonds. The summed E-state index contributed by atoms with van der Waals surface area (Å²) in [7, 11) is 0. The van der Waals surface area contributed by atoms with Gasteiger partial charge in [-0.15, -0.1) is 11.3 Å². The van der Waals surface area contributed by atoms with Gasteiger partial charge in [0.2, 0.25) is 0 Å². The monoisotopic (exact) mass is 404 g/mol. The lowest BCUT2D eigenvalue weighted by Crippen LogP contribution is -2.13. The number of carbonyl (C=O) groups excluding carboxylic acids is 2. The zero-order valence-corrected chi connectivity index (χ0v) is 16.3. The van der Waals surface area contributed by atoms with E-state index >= 15 is 0 Å². The number of nitrogens with one attached hydrogen (secondary N) is 2. The van der Waals surface area contributed by atoms with Crippen LogP contribution in [-0.2, 0) is 0 Å². The van der Waals surface area contributed by atoms with Crippen molar-refractivity contribution in [3.8, 4) is 0 Å². The fraction of sp³-hybridized carbons (Fsp3) is 0.0435. The van der Waals surface area contributed by atoms with Gasteiger partial charge in [0.1, 0.15) is 5.82 Å². The molecular weight excluding hydrogens is 387 g/mol. The van der Waals surface area contributed by atoms with Crippen molar-refractivity contribution in [2.24, 2.45) is 0 Å². The topological polar surface area (TPSA) is 58.2 Å². The summed E-state index contributed by atoms with van der Waals surface area (Å²) in [6, 6.07) is 20.6. The largest absolute Gasteiger partial charge is 0.322 e. The lowest BCUT2D eigenvalue weighted by atomic mass is 10.1. The normalized spacial score (nSPS) is 10.7. The predicted molar refractivity (Wildman–Crippen MR) is 115 cm³/mol. The standard InChI is InChI=1S/C23H17FN2O2S/c1-14-20-18(24)11-6-12-19(20)29-21(14)23(28)26-17-10-5-9-16(13-17)25-22(27)15-7-3-2-4-8-15/h2-13H,1H3,(H,25,27)(H,26,28). The molecule has 0 bridgehead atoms. The van der Waals surface area contributed by atoms with Gasteiger partial charge in [0.25, 0.3) is 11.8 Å². The maximum Gasteiger partial charge on any atom is 0.266 e. The maximum atomic E-state index is 14.1. The highest BCUT2D eigenvalue weighted by Crippen LogP contribution is 2.33. The second-order valence-corrected chi connectivity index (χ2v) is 7.58. The molecule has 4 aromatic rings. The van der Waals surface area contributed by atoms with Gasteiger partial charge < -0.3 is 10.6 Å². The van der Waals surface area contributed by atoms with Crippen molar-refractivity contribution in [1.82, 2.24) is 0 Å². The number of benzene rings is 3. The van der Waals surface area contributed by atoms with Crippen LogP contribution in [0.5, 0.6) is 0 Å². The molecule has 6 heteroatoms. The molecule has 0 fully saturated rings. The Kier molecular flexibility index (Phi) is 5.10. The smallest absolute Gasteiger partial charge is 0.266 e. The molecule has 4 nitrogen and oxygen atoms in total. The van der Waals surface area contributed by atoms with Crippen LogP contribution in [0.2, 0.25) is 0 Å². The van der Waals surface area contributed by atoms with Crippen LogP contribution in [0.1, 0.15) is 25.6 Å². The highest BCUT2D eigenvalue weighted by molar-refractivity contribution is 7.21. The van der Waals surface area contributed by atoms with Gasteiger partial charge in [-0.25, -0.2) is 4.39 Å². The van der Waals surface area contributed by atoms with E-state index in [1.165, 1.54) is 17.4 Å². The molecule has 0 aliphatic heterocycles. The molecule has 2 N–H and O–H groups in total. The van der Waals surface area contributed by atoms with E-state index in [2.05, 4.69) is 10.6 Å². The Morgan fingerprint density at radius 3 is 2.17 bits per heavy atom. The van der Waals surface area contributed by atoms with Gasteiger partial charge in [-0.05, 0) is 55.0 Å². The SMILES string of the molecule is Cc1c(C(=O)Nc2cccc(NC(=O)c3ccccc3)c2)sc2cccc(F)c12. The Hall–Kier alpha value is -3.51. The minimum absolute atomic E-state index is 0.232. The number of hydrogen-bond acceptors (Lipinski definition) is 3. The molecule has 0 saturated carbocycles. The minimum Gasteiger partial charge on any atom is -0.322 e. The third-order valence-electron chi connectivity index (χ3n) is 4.52. The molecule has 1 aromatic heterocycles. The van der Waals surface area contributed by atoms with E-state index in [4.69, 9.17) is 0 Å². The van der Waals surface area contributed by atoms with Crippen LogP contribution in [0.15, 0.2) is 72.8 Å². The molecular formula is C23H17FN2O2S. The number of thiophene rings is 1. The van der Waals surface area contributed by atoms with Crippen LogP contribution in [0, 0.1) is 12.7 Å². The van der Waals surface area contributed by atoms with Crippen molar-refractivity contribution in [3.63, 3.8) is 0 Å². The Bertz CT molecular complexity index is 1220. The van der Waals surface area contributed by atoms with E-state index in [0.29, 0.717) is 32.8 Å². The van der Waals surface area contributed by atoms with E-state index < -0.39 is 0 Å². The Morgan fingerprint density at radius 2 is 1.48 bits per heavy atom. The van der Waals surface area contributed by atoms with Crippen LogP contribution >= 0.6 is 11.3 Å². The van der Waals surface area contributed by atoms with Crippen molar-refractivity contribution in [1.29, 1.82) is 0 Å². The lowest BCUT2D eigenvalue weighted by Gasteiger charge is -2.09. The summed E-state index contributed by atoms with van der Waals surface area (Å²) in [5.41, 5.74) is 2.27. The van der Waals surface area contributed by atoms with Crippen molar-refractivity contribution >= 4 is 44.6 Å². The van der Waals surface area contributed by atoms with Gasteiger partial charge in [0.15, 0.2) is 0 Å². The molecule has 144 valence electrons. The van der Waals surface area contributed by atoms with Crippen LogP contribution in [0.25, 0.3) is 10.1 Å². The van der Waals surface area contributed by atoms with Crippen molar-refractivity contribution in [3.05, 3.63) is 94.6 Å². The molecule has 0 aliphatic rings. The summed E-state index contributed by atoms with van der Waals surface area (Å²) in [5.74, 6) is -0.875. The third kappa shape index (κ3) is 3.88. The number of amides is 2. The first-order chi connectivity index (χ1) is 14.0. The lowest BCUT2D eigenvalue weighted by molar-refractivity contribution is 0.102. The number of halogens is 1. The molecule has 0 radical (unpaired) electrons. The molecule has 0 unspecified atom stereocenters. The van der Waals surface area contributed by atoms with Gasteiger partial charge in [-0.3, -0.25) is 9.59 Å². The molecule has 0 atom stereocenters. The zero-order valence-electron chi connectivity index (χ0n) is 15.5. The number of anilines is 2. The van der Waals surface area contributed by atoms with Gasteiger partial charge in [0, 0.05) is 27.0 Å². The van der Waals surface area contributed by atoms with Crippen LogP contribution < -0.4 is 10.6 Å². The minimum atomic E-state index is -0.332. The zero-order chi connectivity index (χ0) is 20.4. The molecule has 3 aromatic carbocycles. The number of carbonyl (C=O) groups is 2. The summed E-state index contributed by atoms with van der Waals surface area (Å²) >= 11 is 1.26. The Labute approximate surface area is 171 Å². The van der Waals surface area contributed by atoms with Crippen LogP contribution in [0.4, 0.5) is 15.8 Å². The first kappa shape index (κ1) is 18.8. The van der Waals surface area contributed by atoms with Gasteiger partial charge >= 0.3 is 0 Å². The highest BCUT2D eigenvalue weighted by Gasteiger charge is 2.18. The number of hydrogen-bond donors (Lipinski definition) is 2. The summed E-state index contributed by atoms with van der Waals surface area (Å²) in [6.45, 7) is 1.74. The molecule has 0 saturated heterocycles. The summed E-state index contributed by atoms with van der Waals surface area (Å²) in [5, 5.41) is 6.12. The van der Waals surface area contributed by atoms with E-state index in [0.717, 1.165) is 4.70 Å². The number of aryl methyl sites for hydroxylation is 1. The van der Waals surface area contributed by atoms with Gasteiger partial charge in [-0.2, -0.15) is 0 Å². The molecule has 0 spiro atoms. The Balaban J connectivity index is 1.54. The number of fused-ring (bicyclic) bond motifs is 1. The van der Waals surface area contributed by atoms with Crippen molar-refractivity contribution in [2.45, 2.75) is 6.92 Å². The molecule has 0 aliphatic carbocycles. The van der Waals surface area contributed by atoms with Crippen LogP contribution in [-0.4, -0.2) is 11.8 Å². The van der Waals surface area contributed by atoms with Crippen molar-refractivity contribution < 1.29 is 14.0 Å². The number of rotatable bonds is 4. The maximum absolute atomic E-state index is 14.1. The predicted octanol–water partition coefficient (Wildman–Crippen LogP) is 5.85. The third-order valence-corrected chi connectivity index (χ3v) is 5.78. The van der Waals surface area contributed by atoms with E-state index in [9.17, 15) is 14.0 Å². The highest BCUT2D eigenvalue weighted by atomic mass is 32.1. The van der Waals surface area contributed by atoms with E-state index in [1.54, 1.807) is 67.6 Å². The molecule has 4 rings (SSSR count). The van der Waals surface area contributed by atoms with E-state index in [-0.39, 0.29) is 17.6 Å². The quantitative estimate of drug-likeness (QED) is 0.448. The fourth-order valence-electron chi connectivity index (χ4n) is 3.13. The molecule has 1 heterocycles. The Morgan fingerprint density at radius 1 is 0.828 bits per heavy atom. The van der Waals surface area contributed by atoms with Gasteiger partial charge in [0.05, 0.1) is 4.88 Å². The average Bonchev–Trinajstić information content (AvgIpc) is 3.07. The van der Waals surface area contributed by atoms with E-state index in [1.807, 2.05) is 6.07 Å². The van der Waals surface area contributed by atoms with Crippen LogP contribution in [0.3, 0.4) is 0 Å². The summed E-state index contributed by atoms with van der Waals surface area (Å²) < 4.78 is 14.8. The molecule has 29 heavy (non-hydrogen) atoms. The average molecular weight is 404 g/mol. The second kappa shape index (κ2) is 7.85. The first-order valence-corrected chi connectivity index (χ1v) is 9.80. The first-order valence-electron chi connectivity index (χ1n) is 8.98. The van der Waals surface area contributed by atoms with Crippen molar-refractivity contribution in [2.75, 3.05) is 10.6 Å².